The van der Waals surface area contributed by atoms with E-state index in [2.05, 4.69) is 10.2 Å². The topological polar surface area (TPSA) is 135 Å². The Hall–Kier alpha value is -5.63. The molecule has 0 amide bonds. The molecule has 0 saturated heterocycles. The van der Waals surface area contributed by atoms with Crippen molar-refractivity contribution in [3.63, 3.8) is 0 Å². The van der Waals surface area contributed by atoms with Crippen LogP contribution in [0.3, 0.4) is 0 Å². The van der Waals surface area contributed by atoms with Crippen LogP contribution in [-0.4, -0.2) is 36.8 Å². The molecule has 0 aliphatic carbocycles. The lowest BCUT2D eigenvalue weighted by Gasteiger charge is -2.25. The van der Waals surface area contributed by atoms with Crippen molar-refractivity contribution in [2.24, 2.45) is 4.99 Å². The van der Waals surface area contributed by atoms with Crippen molar-refractivity contribution in [3.05, 3.63) is 160 Å². The second-order valence-electron chi connectivity index (χ2n) is 11.5. The lowest BCUT2D eigenvalue weighted by molar-refractivity contribution is -0.384. The number of hydrogen-bond donors (Lipinski definition) is 0. The highest BCUT2D eigenvalue weighted by molar-refractivity contribution is 7.99. The van der Waals surface area contributed by atoms with E-state index in [1.54, 1.807) is 25.1 Å². The number of carbonyl (C=O) groups excluding carboxylic acids is 1. The quantitative estimate of drug-likeness (QED) is 0.0837. The van der Waals surface area contributed by atoms with Gasteiger partial charge in [-0.2, -0.15) is 0 Å². The zero-order valence-corrected chi connectivity index (χ0v) is 30.2. The molecule has 1 aliphatic heterocycles. The van der Waals surface area contributed by atoms with E-state index >= 15 is 0 Å². The van der Waals surface area contributed by atoms with E-state index in [0.717, 1.165) is 16.9 Å². The molecule has 14 heteroatoms. The Morgan fingerprint density at radius 1 is 0.981 bits per heavy atom. The van der Waals surface area contributed by atoms with E-state index in [1.807, 2.05) is 90.4 Å². The Kier molecular flexibility index (Phi) is 9.99. The minimum atomic E-state index is -0.846. The number of ether oxygens (including phenoxy) is 1. The molecule has 0 N–H and O–H groups in total. The number of benzene rings is 4. The Balaban J connectivity index is 1.41. The van der Waals surface area contributed by atoms with Crippen molar-refractivity contribution in [2.75, 3.05) is 6.61 Å². The van der Waals surface area contributed by atoms with E-state index in [1.165, 1.54) is 28.5 Å². The molecule has 0 radical (unpaired) electrons. The summed E-state index contributed by atoms with van der Waals surface area (Å²) in [4.78, 5) is 45.5. The van der Waals surface area contributed by atoms with Crippen molar-refractivity contribution in [1.29, 1.82) is 0 Å². The van der Waals surface area contributed by atoms with E-state index in [4.69, 9.17) is 21.3 Å². The lowest BCUT2D eigenvalue weighted by atomic mass is 9.93. The average molecular weight is 749 g/mol. The lowest BCUT2D eigenvalue weighted by Crippen LogP contribution is -2.40. The van der Waals surface area contributed by atoms with Gasteiger partial charge in [-0.05, 0) is 61.0 Å². The molecule has 6 aromatic rings. The van der Waals surface area contributed by atoms with Gasteiger partial charge in [0.15, 0.2) is 15.8 Å². The summed E-state index contributed by atoms with van der Waals surface area (Å²) in [5.74, 6) is 0.0413. The predicted molar refractivity (Wildman–Crippen MR) is 201 cm³/mol. The fourth-order valence-electron chi connectivity index (χ4n) is 5.98. The average Bonchev–Trinajstić information content (AvgIpc) is 3.71. The smallest absolute Gasteiger partial charge is 0.338 e. The number of fused-ring (bicyclic) bond motifs is 1. The van der Waals surface area contributed by atoms with Gasteiger partial charge in [0, 0.05) is 39.7 Å². The predicted octanol–water partition coefficient (Wildman–Crippen LogP) is 6.93. The van der Waals surface area contributed by atoms with Gasteiger partial charge in [0.05, 0.1) is 33.4 Å². The van der Waals surface area contributed by atoms with Gasteiger partial charge in [0.2, 0.25) is 0 Å². The Morgan fingerprint density at radius 2 is 1.71 bits per heavy atom. The molecule has 1 atom stereocenters. The van der Waals surface area contributed by atoms with Crippen LogP contribution >= 0.6 is 34.7 Å². The standard InChI is InChI=1S/C38H29ClN6O5S2/c1-3-43-34(25-16-11-17-27(39)20-25)41-42-38(43)51-29-19-18-28(45(48)49)21-26(29)22-30-35(46)44-33(24-14-9-6-10-15-24)31(36(47)50-4-2)32(40-37(44)52-30)23-12-7-5-8-13-23/h5-22,33H,3-4H2,1-2H3/b30-22+/t33-/m0/s1. The largest absolute Gasteiger partial charge is 0.463 e. The monoisotopic (exact) mass is 748 g/mol. The summed E-state index contributed by atoms with van der Waals surface area (Å²) in [7, 11) is 0. The number of non-ortho nitro benzene ring substituents is 1. The van der Waals surface area contributed by atoms with Crippen molar-refractivity contribution < 1.29 is 14.5 Å². The molecule has 11 nitrogen and oxygen atoms in total. The van der Waals surface area contributed by atoms with Crippen LogP contribution in [0.15, 0.2) is 129 Å². The number of nitro benzene ring substituents is 1. The van der Waals surface area contributed by atoms with Crippen LogP contribution in [0.5, 0.6) is 0 Å². The van der Waals surface area contributed by atoms with Crippen LogP contribution in [0.2, 0.25) is 5.02 Å². The van der Waals surface area contributed by atoms with Crippen molar-refractivity contribution in [3.8, 4) is 11.4 Å². The van der Waals surface area contributed by atoms with Crippen molar-refractivity contribution in [2.45, 2.75) is 36.5 Å². The highest BCUT2D eigenvalue weighted by atomic mass is 35.5. The van der Waals surface area contributed by atoms with Crippen LogP contribution < -0.4 is 14.9 Å². The molecule has 3 heterocycles. The molecule has 0 unspecified atom stereocenters. The Bertz CT molecular complexity index is 2550. The van der Waals surface area contributed by atoms with Gasteiger partial charge in [0.1, 0.15) is 0 Å². The summed E-state index contributed by atoms with van der Waals surface area (Å²) < 4.78 is 9.24. The summed E-state index contributed by atoms with van der Waals surface area (Å²) in [6.07, 6.45) is 1.63. The molecule has 0 fully saturated rings. The van der Waals surface area contributed by atoms with Crippen LogP contribution in [0.25, 0.3) is 23.2 Å². The summed E-state index contributed by atoms with van der Waals surface area (Å²) in [6.45, 7) is 4.37. The molecule has 1 aliphatic rings. The molecule has 0 saturated carbocycles. The first-order valence-electron chi connectivity index (χ1n) is 16.3. The number of nitro groups is 1. The highest BCUT2D eigenvalue weighted by Gasteiger charge is 2.35. The first-order valence-corrected chi connectivity index (χ1v) is 18.3. The van der Waals surface area contributed by atoms with Crippen LogP contribution in [-0.2, 0) is 16.1 Å². The molecule has 4 aromatic carbocycles. The van der Waals surface area contributed by atoms with E-state index < -0.39 is 22.5 Å². The third-order valence-electron chi connectivity index (χ3n) is 8.30. The third-order valence-corrected chi connectivity index (χ3v) is 10.6. The van der Waals surface area contributed by atoms with Gasteiger partial charge in [-0.1, -0.05) is 95.7 Å². The van der Waals surface area contributed by atoms with Gasteiger partial charge in [-0.25, -0.2) is 9.79 Å². The zero-order chi connectivity index (χ0) is 36.4. The van der Waals surface area contributed by atoms with E-state index in [-0.39, 0.29) is 22.4 Å². The SMILES string of the molecule is CCOC(=O)C1=C(c2ccccc2)N=c2s/c(=C/c3cc([N+](=O)[O-])ccc3Sc3nnc(-c4cccc(Cl)c4)n3CC)c(=O)n2[C@H]1c1ccccc1. The van der Waals surface area contributed by atoms with Gasteiger partial charge < -0.3 is 9.30 Å². The van der Waals surface area contributed by atoms with Crippen LogP contribution in [0, 0.1) is 10.1 Å². The summed E-state index contributed by atoms with van der Waals surface area (Å²) in [6, 6.07) is 29.5. The first-order chi connectivity index (χ1) is 25.3. The Labute approximate surface area is 310 Å². The number of halogens is 1. The molecule has 2 aromatic heterocycles. The minimum Gasteiger partial charge on any atom is -0.463 e. The second kappa shape index (κ2) is 14.9. The van der Waals surface area contributed by atoms with Crippen molar-refractivity contribution in [1.82, 2.24) is 19.3 Å². The highest BCUT2D eigenvalue weighted by Crippen LogP contribution is 2.36. The molecule has 0 bridgehead atoms. The number of esters is 1. The van der Waals surface area contributed by atoms with Gasteiger partial charge >= 0.3 is 5.97 Å². The number of aromatic nitrogens is 4. The maximum atomic E-state index is 14.5. The minimum absolute atomic E-state index is 0.135. The molecular formula is C38H29ClN6O5S2. The summed E-state index contributed by atoms with van der Waals surface area (Å²) in [5, 5.41) is 21.9. The molecule has 0 spiro atoms. The number of nitrogens with zero attached hydrogens (tertiary/aromatic N) is 6. The van der Waals surface area contributed by atoms with Gasteiger partial charge in [-0.15, -0.1) is 10.2 Å². The maximum absolute atomic E-state index is 14.5. The van der Waals surface area contributed by atoms with Crippen LogP contribution in [0.1, 0.15) is 36.6 Å². The third kappa shape index (κ3) is 6.73. The fraction of sp³-hybridized carbons (Fsp3) is 0.132. The number of carbonyl (C=O) groups is 1. The first kappa shape index (κ1) is 34.8. The molecule has 260 valence electrons. The van der Waals surface area contributed by atoms with E-state index in [0.29, 0.717) is 54.6 Å². The summed E-state index contributed by atoms with van der Waals surface area (Å²) in [5.41, 5.74) is 2.71. The fourth-order valence-corrected chi connectivity index (χ4v) is 8.13. The van der Waals surface area contributed by atoms with Gasteiger partial charge in [-0.3, -0.25) is 19.5 Å². The van der Waals surface area contributed by atoms with Gasteiger partial charge in [0.25, 0.3) is 11.2 Å². The number of hydrogen-bond acceptors (Lipinski definition) is 10. The molecular weight excluding hydrogens is 720 g/mol. The van der Waals surface area contributed by atoms with Crippen LogP contribution in [0.4, 0.5) is 5.69 Å². The molecule has 52 heavy (non-hydrogen) atoms. The Morgan fingerprint density at radius 3 is 2.40 bits per heavy atom. The zero-order valence-electron chi connectivity index (χ0n) is 27.8. The summed E-state index contributed by atoms with van der Waals surface area (Å²) >= 11 is 8.67. The molecule has 7 rings (SSSR count). The number of thiazole rings is 1. The second-order valence-corrected chi connectivity index (χ2v) is 13.9. The maximum Gasteiger partial charge on any atom is 0.338 e. The van der Waals surface area contributed by atoms with Crippen molar-refractivity contribution >= 4 is 58.1 Å². The number of rotatable bonds is 10. The van der Waals surface area contributed by atoms with E-state index in [9.17, 15) is 19.7 Å². The normalized spacial score (nSPS) is 14.2.